The zero-order chi connectivity index (χ0) is 15.1. The first kappa shape index (κ1) is 15.3. The van der Waals surface area contributed by atoms with Gasteiger partial charge in [0.1, 0.15) is 0 Å². The highest BCUT2D eigenvalue weighted by atomic mass is 16.4. The number of carbonyl (C=O) groups is 2. The lowest BCUT2D eigenvalue weighted by Crippen LogP contribution is -2.45. The Morgan fingerprint density at radius 1 is 1.33 bits per heavy atom. The molecule has 0 spiro atoms. The Hall–Kier alpha value is -2.12. The Bertz CT molecular complexity index is 454. The highest BCUT2D eigenvalue weighted by Gasteiger charge is 2.22. The SMILES string of the molecule is O=C(O)CCC1CCN(C(=O)NCCn2ccnn2)CC1. The number of piperidine rings is 1. The fourth-order valence-corrected chi connectivity index (χ4v) is 2.49. The molecule has 2 rings (SSSR count). The van der Waals surface area contributed by atoms with Crippen molar-refractivity contribution in [2.45, 2.75) is 32.2 Å². The number of rotatable bonds is 6. The van der Waals surface area contributed by atoms with E-state index < -0.39 is 5.97 Å². The predicted octanol–water partition coefficient (Wildman–Crippen LogP) is 0.564. The van der Waals surface area contributed by atoms with Crippen LogP contribution in [0.4, 0.5) is 4.79 Å². The first-order chi connectivity index (χ1) is 10.1. The van der Waals surface area contributed by atoms with Gasteiger partial charge in [0.15, 0.2) is 0 Å². The summed E-state index contributed by atoms with van der Waals surface area (Å²) in [6, 6.07) is -0.0631. The molecule has 1 aromatic rings. The average molecular weight is 295 g/mol. The van der Waals surface area contributed by atoms with Crippen molar-refractivity contribution in [1.82, 2.24) is 25.2 Å². The summed E-state index contributed by atoms with van der Waals surface area (Å²) in [6.45, 7) is 2.50. The molecular formula is C13H21N5O3. The summed E-state index contributed by atoms with van der Waals surface area (Å²) < 4.78 is 1.67. The third-order valence-corrected chi connectivity index (χ3v) is 3.76. The lowest BCUT2D eigenvalue weighted by molar-refractivity contribution is -0.137. The Balaban J connectivity index is 1.62. The van der Waals surface area contributed by atoms with E-state index in [1.54, 1.807) is 22.0 Å². The van der Waals surface area contributed by atoms with Crippen molar-refractivity contribution in [3.05, 3.63) is 12.4 Å². The standard InChI is InChI=1S/C13H21N5O3/c19-12(20)2-1-11-3-7-17(8-4-11)13(21)14-5-9-18-10-6-15-16-18/h6,10-11H,1-5,7-9H2,(H,14,21)(H,19,20). The molecule has 0 bridgehead atoms. The molecule has 1 aliphatic rings. The highest BCUT2D eigenvalue weighted by Crippen LogP contribution is 2.21. The van der Waals surface area contributed by atoms with Gasteiger partial charge in [0.2, 0.25) is 0 Å². The van der Waals surface area contributed by atoms with E-state index in [9.17, 15) is 9.59 Å². The number of carboxylic acids is 1. The predicted molar refractivity (Wildman–Crippen MR) is 74.6 cm³/mol. The zero-order valence-corrected chi connectivity index (χ0v) is 11.9. The minimum Gasteiger partial charge on any atom is -0.481 e. The van der Waals surface area contributed by atoms with Gasteiger partial charge in [-0.25, -0.2) is 4.79 Å². The van der Waals surface area contributed by atoms with Crippen LogP contribution < -0.4 is 5.32 Å². The summed E-state index contributed by atoms with van der Waals surface area (Å²) in [5.41, 5.74) is 0. The molecule has 8 nitrogen and oxygen atoms in total. The topological polar surface area (TPSA) is 100 Å². The Morgan fingerprint density at radius 2 is 2.10 bits per heavy atom. The van der Waals surface area contributed by atoms with Crippen LogP contribution >= 0.6 is 0 Å². The molecule has 2 heterocycles. The smallest absolute Gasteiger partial charge is 0.317 e. The number of hydrogen-bond donors (Lipinski definition) is 2. The molecule has 1 saturated heterocycles. The molecule has 21 heavy (non-hydrogen) atoms. The van der Waals surface area contributed by atoms with E-state index in [0.29, 0.717) is 38.5 Å². The number of likely N-dealkylation sites (tertiary alicyclic amines) is 1. The lowest BCUT2D eigenvalue weighted by atomic mass is 9.92. The number of urea groups is 1. The van der Waals surface area contributed by atoms with Gasteiger partial charge in [0.05, 0.1) is 12.7 Å². The fourth-order valence-electron chi connectivity index (χ4n) is 2.49. The molecule has 0 saturated carbocycles. The van der Waals surface area contributed by atoms with Crippen LogP contribution in [0.15, 0.2) is 12.4 Å². The van der Waals surface area contributed by atoms with Gasteiger partial charge >= 0.3 is 12.0 Å². The van der Waals surface area contributed by atoms with Gasteiger partial charge in [-0.1, -0.05) is 5.21 Å². The fraction of sp³-hybridized carbons (Fsp3) is 0.692. The van der Waals surface area contributed by atoms with E-state index in [4.69, 9.17) is 5.11 Å². The third-order valence-electron chi connectivity index (χ3n) is 3.76. The van der Waals surface area contributed by atoms with Crippen LogP contribution in [-0.4, -0.2) is 56.6 Å². The largest absolute Gasteiger partial charge is 0.481 e. The molecule has 1 aliphatic heterocycles. The van der Waals surface area contributed by atoms with Crippen LogP contribution in [0.5, 0.6) is 0 Å². The lowest BCUT2D eigenvalue weighted by Gasteiger charge is -2.31. The number of carbonyl (C=O) groups excluding carboxylic acids is 1. The Morgan fingerprint density at radius 3 is 2.71 bits per heavy atom. The average Bonchev–Trinajstić information content (AvgIpc) is 2.99. The maximum atomic E-state index is 12.0. The van der Waals surface area contributed by atoms with Gasteiger partial charge < -0.3 is 15.3 Å². The van der Waals surface area contributed by atoms with Gasteiger partial charge in [0, 0.05) is 32.3 Å². The van der Waals surface area contributed by atoms with Crippen molar-refractivity contribution in [3.63, 3.8) is 0 Å². The number of nitrogens with zero attached hydrogens (tertiary/aromatic N) is 4. The maximum absolute atomic E-state index is 12.0. The molecule has 1 aromatic heterocycles. The number of aromatic nitrogens is 3. The summed E-state index contributed by atoms with van der Waals surface area (Å²) in [6.07, 6.45) is 6.03. The minimum atomic E-state index is -0.747. The molecule has 1 fully saturated rings. The van der Waals surface area contributed by atoms with E-state index in [0.717, 1.165) is 12.8 Å². The van der Waals surface area contributed by atoms with Crippen molar-refractivity contribution in [2.75, 3.05) is 19.6 Å². The molecule has 0 unspecified atom stereocenters. The molecule has 0 radical (unpaired) electrons. The van der Waals surface area contributed by atoms with Gasteiger partial charge in [0.25, 0.3) is 0 Å². The van der Waals surface area contributed by atoms with Crippen LogP contribution in [0.2, 0.25) is 0 Å². The zero-order valence-electron chi connectivity index (χ0n) is 11.9. The summed E-state index contributed by atoms with van der Waals surface area (Å²) >= 11 is 0. The Kier molecular flexibility index (Phi) is 5.53. The van der Waals surface area contributed by atoms with Crippen molar-refractivity contribution < 1.29 is 14.7 Å². The van der Waals surface area contributed by atoms with E-state index in [2.05, 4.69) is 15.6 Å². The van der Waals surface area contributed by atoms with Gasteiger partial charge in [-0.2, -0.15) is 0 Å². The molecule has 116 valence electrons. The van der Waals surface area contributed by atoms with Gasteiger partial charge in [-0.3, -0.25) is 9.48 Å². The quantitative estimate of drug-likeness (QED) is 0.799. The van der Waals surface area contributed by atoms with E-state index in [1.807, 2.05) is 0 Å². The third kappa shape index (κ3) is 5.05. The summed E-state index contributed by atoms with van der Waals surface area (Å²) in [7, 11) is 0. The van der Waals surface area contributed by atoms with Crippen LogP contribution in [0, 0.1) is 5.92 Å². The second-order valence-electron chi connectivity index (χ2n) is 5.26. The van der Waals surface area contributed by atoms with E-state index in [-0.39, 0.29) is 12.5 Å². The number of nitrogens with one attached hydrogen (secondary N) is 1. The van der Waals surface area contributed by atoms with Crippen LogP contribution in [-0.2, 0) is 11.3 Å². The summed E-state index contributed by atoms with van der Waals surface area (Å²) in [5, 5.41) is 19.1. The van der Waals surface area contributed by atoms with Crippen LogP contribution in [0.25, 0.3) is 0 Å². The van der Waals surface area contributed by atoms with Crippen molar-refractivity contribution >= 4 is 12.0 Å². The van der Waals surface area contributed by atoms with Gasteiger partial charge in [-0.05, 0) is 25.2 Å². The summed E-state index contributed by atoms with van der Waals surface area (Å²) in [5.74, 6) is -0.330. The molecule has 2 N–H and O–H groups in total. The van der Waals surface area contributed by atoms with Crippen molar-refractivity contribution in [1.29, 1.82) is 0 Å². The number of carboxylic acid groups (broad SMARTS) is 1. The monoisotopic (exact) mass is 295 g/mol. The minimum absolute atomic E-state index is 0.0631. The first-order valence-corrected chi connectivity index (χ1v) is 7.24. The summed E-state index contributed by atoms with van der Waals surface area (Å²) in [4.78, 5) is 24.3. The highest BCUT2D eigenvalue weighted by molar-refractivity contribution is 5.74. The van der Waals surface area contributed by atoms with E-state index >= 15 is 0 Å². The molecule has 0 atom stereocenters. The van der Waals surface area contributed by atoms with Crippen molar-refractivity contribution in [2.24, 2.45) is 5.92 Å². The molecule has 2 amide bonds. The molecule has 0 aliphatic carbocycles. The van der Waals surface area contributed by atoms with Crippen molar-refractivity contribution in [3.8, 4) is 0 Å². The Labute approximate surface area is 123 Å². The van der Waals surface area contributed by atoms with E-state index in [1.165, 1.54) is 0 Å². The number of hydrogen-bond acceptors (Lipinski definition) is 4. The second-order valence-corrected chi connectivity index (χ2v) is 5.26. The van der Waals surface area contributed by atoms with Crippen LogP contribution in [0.1, 0.15) is 25.7 Å². The number of amides is 2. The second kappa shape index (κ2) is 7.61. The molecule has 0 aromatic carbocycles. The molecular weight excluding hydrogens is 274 g/mol. The normalized spacial score (nSPS) is 15.9. The number of aliphatic carboxylic acids is 1. The maximum Gasteiger partial charge on any atom is 0.317 e. The first-order valence-electron chi connectivity index (χ1n) is 7.24. The van der Waals surface area contributed by atoms with Gasteiger partial charge in [-0.15, -0.1) is 5.10 Å². The van der Waals surface area contributed by atoms with Crippen LogP contribution in [0.3, 0.4) is 0 Å². The molecule has 8 heteroatoms.